The zero-order chi connectivity index (χ0) is 18.1. The lowest BCUT2D eigenvalue weighted by molar-refractivity contribution is -0.143. The molecule has 1 unspecified atom stereocenters. The predicted octanol–water partition coefficient (Wildman–Crippen LogP) is 3.64. The monoisotopic (exact) mass is 348 g/mol. The maximum Gasteiger partial charge on any atom is 0.256 e. The predicted molar refractivity (Wildman–Crippen MR) is 102 cm³/mol. The summed E-state index contributed by atoms with van der Waals surface area (Å²) >= 11 is 0. The number of likely N-dealkylation sites (N-methyl/N-ethyl adjacent to an activating group) is 1. The van der Waals surface area contributed by atoms with Gasteiger partial charge in [0.15, 0.2) is 6.10 Å². The molecule has 2 atom stereocenters. The van der Waals surface area contributed by atoms with Crippen molar-refractivity contribution in [2.45, 2.75) is 31.4 Å². The van der Waals surface area contributed by atoms with Gasteiger partial charge in [-0.1, -0.05) is 36.4 Å². The summed E-state index contributed by atoms with van der Waals surface area (Å²) in [5.74, 6) is 0.0213. The molecular weight excluding hydrogens is 324 g/mol. The van der Waals surface area contributed by atoms with Crippen LogP contribution in [-0.2, 0) is 22.4 Å². The SMILES string of the molecule is COC(C(=O)N(C)[C@@H]1CCc2cc3ccccn3c2C1)c1ccccc1. The summed E-state index contributed by atoms with van der Waals surface area (Å²) in [4.78, 5) is 15.0. The molecule has 4 rings (SSSR count). The summed E-state index contributed by atoms with van der Waals surface area (Å²) in [6, 6.07) is 18.4. The van der Waals surface area contributed by atoms with Gasteiger partial charge in [-0.3, -0.25) is 4.79 Å². The third-order valence-electron chi connectivity index (χ3n) is 5.51. The number of carbonyl (C=O) groups excluding carboxylic acids is 1. The number of pyridine rings is 1. The third-order valence-corrected chi connectivity index (χ3v) is 5.51. The van der Waals surface area contributed by atoms with E-state index in [0.717, 1.165) is 24.8 Å². The topological polar surface area (TPSA) is 34.0 Å². The van der Waals surface area contributed by atoms with Crippen molar-refractivity contribution < 1.29 is 9.53 Å². The van der Waals surface area contributed by atoms with E-state index in [0.29, 0.717) is 0 Å². The average molecular weight is 348 g/mol. The molecule has 2 heterocycles. The lowest BCUT2D eigenvalue weighted by atomic mass is 9.92. The molecule has 0 saturated carbocycles. The molecule has 1 amide bonds. The molecule has 4 nitrogen and oxygen atoms in total. The second-order valence-electron chi connectivity index (χ2n) is 6.98. The molecule has 2 aromatic heterocycles. The number of hydrogen-bond donors (Lipinski definition) is 0. The second-order valence-corrected chi connectivity index (χ2v) is 6.98. The van der Waals surface area contributed by atoms with Gasteiger partial charge < -0.3 is 14.0 Å². The Labute approximate surface area is 154 Å². The number of rotatable bonds is 4. The van der Waals surface area contributed by atoms with Crippen molar-refractivity contribution in [2.24, 2.45) is 0 Å². The van der Waals surface area contributed by atoms with Crippen LogP contribution in [0.25, 0.3) is 5.52 Å². The van der Waals surface area contributed by atoms with Gasteiger partial charge in [-0.05, 0) is 42.2 Å². The Kier molecular flexibility index (Phi) is 4.51. The first-order chi connectivity index (χ1) is 12.7. The molecule has 26 heavy (non-hydrogen) atoms. The normalized spacial score (nSPS) is 17.7. The molecule has 0 spiro atoms. The Balaban J connectivity index is 1.57. The van der Waals surface area contributed by atoms with E-state index in [-0.39, 0.29) is 11.9 Å². The molecule has 1 aliphatic rings. The lowest BCUT2D eigenvalue weighted by Crippen LogP contribution is -2.43. The minimum absolute atomic E-state index is 0.0213. The summed E-state index contributed by atoms with van der Waals surface area (Å²) < 4.78 is 7.79. The van der Waals surface area contributed by atoms with E-state index in [9.17, 15) is 4.79 Å². The van der Waals surface area contributed by atoms with Crippen LogP contribution in [0.4, 0.5) is 0 Å². The number of carbonyl (C=O) groups is 1. The molecule has 3 aromatic rings. The van der Waals surface area contributed by atoms with Crippen molar-refractivity contribution in [1.29, 1.82) is 0 Å². The van der Waals surface area contributed by atoms with Crippen LogP contribution < -0.4 is 0 Å². The van der Waals surface area contributed by atoms with E-state index in [1.54, 1.807) is 7.11 Å². The van der Waals surface area contributed by atoms with Crippen molar-refractivity contribution in [1.82, 2.24) is 9.30 Å². The largest absolute Gasteiger partial charge is 0.367 e. The molecule has 1 aliphatic carbocycles. The molecule has 134 valence electrons. The Morgan fingerprint density at radius 3 is 2.73 bits per heavy atom. The second kappa shape index (κ2) is 6.96. The average Bonchev–Trinajstić information content (AvgIpc) is 3.06. The van der Waals surface area contributed by atoms with Crippen LogP contribution in [0.15, 0.2) is 60.8 Å². The number of methoxy groups -OCH3 is 1. The van der Waals surface area contributed by atoms with Gasteiger partial charge in [-0.15, -0.1) is 0 Å². The third kappa shape index (κ3) is 2.90. The number of aromatic nitrogens is 1. The minimum Gasteiger partial charge on any atom is -0.367 e. The van der Waals surface area contributed by atoms with Crippen LogP contribution in [0.2, 0.25) is 0 Å². The fourth-order valence-electron chi connectivity index (χ4n) is 4.03. The summed E-state index contributed by atoms with van der Waals surface area (Å²) in [6.07, 6.45) is 4.42. The van der Waals surface area contributed by atoms with Crippen LogP contribution in [0, 0.1) is 0 Å². The van der Waals surface area contributed by atoms with Gasteiger partial charge in [0.25, 0.3) is 5.91 Å². The molecule has 0 saturated heterocycles. The maximum absolute atomic E-state index is 13.1. The summed E-state index contributed by atoms with van der Waals surface area (Å²) in [5.41, 5.74) is 4.85. The summed E-state index contributed by atoms with van der Waals surface area (Å²) in [7, 11) is 3.51. The number of fused-ring (bicyclic) bond motifs is 3. The van der Waals surface area contributed by atoms with E-state index in [4.69, 9.17) is 4.74 Å². The van der Waals surface area contributed by atoms with Gasteiger partial charge in [0.1, 0.15) is 0 Å². The van der Waals surface area contributed by atoms with Gasteiger partial charge in [0, 0.05) is 44.0 Å². The number of benzene rings is 1. The first kappa shape index (κ1) is 16.9. The Morgan fingerprint density at radius 2 is 1.96 bits per heavy atom. The number of amides is 1. The molecular formula is C22H24N2O2. The first-order valence-electron chi connectivity index (χ1n) is 9.11. The van der Waals surface area contributed by atoms with Crippen molar-refractivity contribution in [3.05, 3.63) is 77.6 Å². The Bertz CT molecular complexity index is 916. The summed E-state index contributed by atoms with van der Waals surface area (Å²) in [5, 5.41) is 0. The van der Waals surface area contributed by atoms with Gasteiger partial charge in [-0.2, -0.15) is 0 Å². The van der Waals surface area contributed by atoms with Crippen LogP contribution in [0.5, 0.6) is 0 Å². The molecule has 0 aliphatic heterocycles. The van der Waals surface area contributed by atoms with E-state index in [2.05, 4.69) is 34.9 Å². The molecule has 0 fully saturated rings. The fourth-order valence-corrected chi connectivity index (χ4v) is 4.03. The number of hydrogen-bond acceptors (Lipinski definition) is 2. The highest BCUT2D eigenvalue weighted by Gasteiger charge is 2.31. The van der Waals surface area contributed by atoms with Crippen LogP contribution >= 0.6 is 0 Å². The van der Waals surface area contributed by atoms with Crippen molar-refractivity contribution >= 4 is 11.4 Å². The fraction of sp³-hybridized carbons (Fsp3) is 0.318. The van der Waals surface area contributed by atoms with Crippen LogP contribution in [-0.4, -0.2) is 35.4 Å². The van der Waals surface area contributed by atoms with E-state index >= 15 is 0 Å². The zero-order valence-corrected chi connectivity index (χ0v) is 15.3. The van der Waals surface area contributed by atoms with Crippen molar-refractivity contribution in [2.75, 3.05) is 14.2 Å². The zero-order valence-electron chi connectivity index (χ0n) is 15.3. The molecule has 4 heteroatoms. The van der Waals surface area contributed by atoms with Gasteiger partial charge in [0.2, 0.25) is 0 Å². The maximum atomic E-state index is 13.1. The quantitative estimate of drug-likeness (QED) is 0.721. The van der Waals surface area contributed by atoms with E-state index in [1.807, 2.05) is 42.3 Å². The highest BCUT2D eigenvalue weighted by atomic mass is 16.5. The van der Waals surface area contributed by atoms with E-state index < -0.39 is 6.10 Å². The Morgan fingerprint density at radius 1 is 1.19 bits per heavy atom. The minimum atomic E-state index is -0.549. The number of nitrogens with zero attached hydrogens (tertiary/aromatic N) is 2. The first-order valence-corrected chi connectivity index (χ1v) is 9.11. The van der Waals surface area contributed by atoms with Crippen LogP contribution in [0.1, 0.15) is 29.3 Å². The standard InChI is InChI=1S/C22H24N2O2/c1-23(22(25)21(26-2)16-8-4-3-5-9-16)18-12-11-17-14-19-10-6-7-13-24(19)20(17)15-18/h3-10,13-14,18,21H,11-12,15H2,1-2H3/t18-,21?/m1/s1. The smallest absolute Gasteiger partial charge is 0.256 e. The molecule has 1 aromatic carbocycles. The highest BCUT2D eigenvalue weighted by Crippen LogP contribution is 2.29. The van der Waals surface area contributed by atoms with Crippen LogP contribution in [0.3, 0.4) is 0 Å². The van der Waals surface area contributed by atoms with Gasteiger partial charge in [0.05, 0.1) is 0 Å². The number of aryl methyl sites for hydroxylation is 1. The Hall–Kier alpha value is -2.59. The number of ether oxygens (including phenoxy) is 1. The lowest BCUT2D eigenvalue weighted by Gasteiger charge is -2.33. The summed E-state index contributed by atoms with van der Waals surface area (Å²) in [6.45, 7) is 0. The highest BCUT2D eigenvalue weighted by molar-refractivity contribution is 5.82. The van der Waals surface area contributed by atoms with E-state index in [1.165, 1.54) is 16.8 Å². The van der Waals surface area contributed by atoms with Gasteiger partial charge >= 0.3 is 0 Å². The van der Waals surface area contributed by atoms with Gasteiger partial charge in [-0.25, -0.2) is 0 Å². The van der Waals surface area contributed by atoms with Crippen molar-refractivity contribution in [3.63, 3.8) is 0 Å². The molecule has 0 bridgehead atoms. The molecule has 0 N–H and O–H groups in total. The molecule has 0 radical (unpaired) electrons. The van der Waals surface area contributed by atoms with Crippen molar-refractivity contribution in [3.8, 4) is 0 Å².